The number of nitrogens with zero attached hydrogens (tertiary/aromatic N) is 1. The number of carbonyl (C=O) groups excluding carboxylic acids is 2. The smallest absolute Gasteiger partial charge is 0.266 e. The molecule has 2 fully saturated rings. The van der Waals surface area contributed by atoms with E-state index in [9.17, 15) is 14.7 Å². The minimum atomic E-state index is -1.04. The Kier molecular flexibility index (Phi) is 5.64. The second kappa shape index (κ2) is 7.74. The summed E-state index contributed by atoms with van der Waals surface area (Å²) in [6, 6.07) is 3.88. The van der Waals surface area contributed by atoms with Crippen LogP contribution in [0, 0.1) is 5.92 Å². The van der Waals surface area contributed by atoms with Crippen molar-refractivity contribution < 1.29 is 19.1 Å². The van der Waals surface area contributed by atoms with Gasteiger partial charge in [0, 0.05) is 24.5 Å². The number of aliphatic carboxylic acids is 1. The molecule has 3 rings (SSSR count). The Labute approximate surface area is 156 Å². The molecule has 0 bridgehead atoms. The lowest BCUT2D eigenvalue weighted by Gasteiger charge is -2.14. The molecule has 1 aliphatic carbocycles. The van der Waals surface area contributed by atoms with Crippen LogP contribution in [0.1, 0.15) is 56.5 Å². The molecule has 1 saturated heterocycles. The lowest BCUT2D eigenvalue weighted by molar-refractivity contribution is -0.305. The molecule has 0 unspecified atom stereocenters. The topological polar surface area (TPSA) is 73.6 Å². The summed E-state index contributed by atoms with van der Waals surface area (Å²) in [7, 11) is 0. The molecular weight excluding hydrogens is 358 g/mol. The first kappa shape index (κ1) is 18.2. The Morgan fingerprint density at radius 1 is 1.44 bits per heavy atom. The Morgan fingerprint density at radius 2 is 2.20 bits per heavy atom. The molecular formula is C18H20NO4S2-. The molecule has 1 amide bonds. The predicted octanol–water partition coefficient (Wildman–Crippen LogP) is 2.91. The maximum absolute atomic E-state index is 12.5. The van der Waals surface area contributed by atoms with Gasteiger partial charge in [-0.25, -0.2) is 0 Å². The molecule has 2 aliphatic rings. The second-order valence-electron chi connectivity index (χ2n) is 6.58. The summed E-state index contributed by atoms with van der Waals surface area (Å²) in [6.45, 7) is 2.71. The van der Waals surface area contributed by atoms with Gasteiger partial charge in [0.25, 0.3) is 5.91 Å². The van der Waals surface area contributed by atoms with E-state index >= 15 is 0 Å². The SMILES string of the molecule is C[C@@H]1C[C@H]1c1ccc(/C=C2\SC(=S)N(CCCCCC(=O)[O-])C2=O)o1. The number of hydrogen-bond acceptors (Lipinski definition) is 6. The highest BCUT2D eigenvalue weighted by molar-refractivity contribution is 8.26. The Hall–Kier alpha value is -1.60. The third kappa shape index (κ3) is 4.52. The van der Waals surface area contributed by atoms with Crippen molar-refractivity contribution in [3.63, 3.8) is 0 Å². The van der Waals surface area contributed by atoms with Gasteiger partial charge in [0.2, 0.25) is 0 Å². The number of thioether (sulfide) groups is 1. The van der Waals surface area contributed by atoms with Crippen LogP contribution < -0.4 is 5.11 Å². The minimum absolute atomic E-state index is 0.0543. The molecule has 1 aromatic heterocycles. The summed E-state index contributed by atoms with van der Waals surface area (Å²) in [6.07, 6.45) is 4.97. The van der Waals surface area contributed by atoms with Crippen molar-refractivity contribution in [1.82, 2.24) is 4.90 Å². The Morgan fingerprint density at radius 3 is 2.88 bits per heavy atom. The quantitative estimate of drug-likeness (QED) is 0.393. The molecule has 2 atom stereocenters. The summed E-state index contributed by atoms with van der Waals surface area (Å²) in [5.41, 5.74) is 0. The standard InChI is InChI=1S/C18H21NO4S2/c1-11-9-13(11)14-7-6-12(23-14)10-15-17(22)19(18(24)25-15)8-4-2-3-5-16(20)21/h6-7,10-11,13H,2-5,8-9H2,1H3,(H,20,21)/p-1/b15-10-/t11-,13-/m1/s1. The minimum Gasteiger partial charge on any atom is -0.550 e. The van der Waals surface area contributed by atoms with E-state index in [0.29, 0.717) is 39.8 Å². The van der Waals surface area contributed by atoms with E-state index in [2.05, 4.69) is 6.92 Å². The molecule has 7 heteroatoms. The molecule has 1 aliphatic heterocycles. The van der Waals surface area contributed by atoms with Crippen LogP contribution in [-0.2, 0) is 9.59 Å². The van der Waals surface area contributed by atoms with Crippen LogP contribution >= 0.6 is 24.0 Å². The van der Waals surface area contributed by atoms with Gasteiger partial charge in [-0.1, -0.05) is 37.3 Å². The fourth-order valence-corrected chi connectivity index (χ4v) is 4.19. The van der Waals surface area contributed by atoms with E-state index in [0.717, 1.165) is 25.0 Å². The number of hydrogen-bond donors (Lipinski definition) is 0. The highest BCUT2D eigenvalue weighted by Crippen LogP contribution is 2.47. The first-order valence-corrected chi connectivity index (χ1v) is 9.73. The number of rotatable bonds is 8. The Bertz CT molecular complexity index is 724. The van der Waals surface area contributed by atoms with Crippen LogP contribution in [0.25, 0.3) is 6.08 Å². The first-order valence-electron chi connectivity index (χ1n) is 8.50. The van der Waals surface area contributed by atoms with E-state index < -0.39 is 5.97 Å². The van der Waals surface area contributed by atoms with Crippen LogP contribution in [0.15, 0.2) is 21.5 Å². The van der Waals surface area contributed by atoms with Crippen LogP contribution in [0.3, 0.4) is 0 Å². The van der Waals surface area contributed by atoms with Gasteiger partial charge in [-0.15, -0.1) is 0 Å². The van der Waals surface area contributed by atoms with Gasteiger partial charge < -0.3 is 14.3 Å². The van der Waals surface area contributed by atoms with Gasteiger partial charge in [-0.3, -0.25) is 9.69 Å². The molecule has 5 nitrogen and oxygen atoms in total. The zero-order valence-corrected chi connectivity index (χ0v) is 15.7. The molecule has 0 aromatic carbocycles. The summed E-state index contributed by atoms with van der Waals surface area (Å²) >= 11 is 6.58. The van der Waals surface area contributed by atoms with Crippen LogP contribution in [0.5, 0.6) is 0 Å². The molecule has 134 valence electrons. The van der Waals surface area contributed by atoms with Gasteiger partial charge in [0.05, 0.1) is 4.91 Å². The normalized spacial score (nSPS) is 24.4. The zero-order chi connectivity index (χ0) is 18.0. The van der Waals surface area contributed by atoms with E-state index in [-0.39, 0.29) is 12.3 Å². The van der Waals surface area contributed by atoms with Crippen molar-refractivity contribution in [1.29, 1.82) is 0 Å². The van der Waals surface area contributed by atoms with Crippen molar-refractivity contribution in [2.24, 2.45) is 5.92 Å². The van der Waals surface area contributed by atoms with Gasteiger partial charge in [0.1, 0.15) is 15.8 Å². The largest absolute Gasteiger partial charge is 0.550 e. The highest BCUT2D eigenvalue weighted by atomic mass is 32.2. The summed E-state index contributed by atoms with van der Waals surface area (Å²) in [4.78, 5) is 25.0. The maximum atomic E-state index is 12.5. The first-order chi connectivity index (χ1) is 12.0. The maximum Gasteiger partial charge on any atom is 0.266 e. The van der Waals surface area contributed by atoms with Crippen molar-refractivity contribution in [2.45, 2.75) is 44.9 Å². The van der Waals surface area contributed by atoms with E-state index in [1.807, 2.05) is 12.1 Å². The monoisotopic (exact) mass is 378 g/mol. The fourth-order valence-electron chi connectivity index (χ4n) is 2.90. The van der Waals surface area contributed by atoms with Crippen molar-refractivity contribution >= 4 is 46.3 Å². The molecule has 1 saturated carbocycles. The van der Waals surface area contributed by atoms with Gasteiger partial charge >= 0.3 is 0 Å². The lowest BCUT2D eigenvalue weighted by Crippen LogP contribution is -2.29. The molecule has 2 heterocycles. The third-order valence-electron chi connectivity index (χ3n) is 4.53. The number of carboxylic acid groups (broad SMARTS) is 1. The second-order valence-corrected chi connectivity index (χ2v) is 8.25. The summed E-state index contributed by atoms with van der Waals surface area (Å²) < 4.78 is 6.37. The average molecular weight is 378 g/mol. The predicted molar refractivity (Wildman–Crippen MR) is 98.6 cm³/mol. The third-order valence-corrected chi connectivity index (χ3v) is 5.91. The number of carbonyl (C=O) groups is 2. The van der Waals surface area contributed by atoms with Crippen LogP contribution in [0.4, 0.5) is 0 Å². The van der Waals surface area contributed by atoms with Gasteiger partial charge in [-0.2, -0.15) is 0 Å². The van der Waals surface area contributed by atoms with Crippen molar-refractivity contribution in [3.05, 3.63) is 28.6 Å². The fraction of sp³-hybridized carbons (Fsp3) is 0.500. The lowest BCUT2D eigenvalue weighted by atomic mass is 10.2. The van der Waals surface area contributed by atoms with Crippen LogP contribution in [-0.4, -0.2) is 27.6 Å². The van der Waals surface area contributed by atoms with E-state index in [4.69, 9.17) is 16.6 Å². The average Bonchev–Trinajstić information content (AvgIpc) is 3.00. The van der Waals surface area contributed by atoms with Crippen molar-refractivity contribution in [3.8, 4) is 0 Å². The Balaban J connectivity index is 1.55. The molecule has 0 N–H and O–H groups in total. The summed E-state index contributed by atoms with van der Waals surface area (Å²) in [5, 5.41) is 10.4. The van der Waals surface area contributed by atoms with Gasteiger partial charge in [0.15, 0.2) is 0 Å². The number of furan rings is 1. The number of carboxylic acids is 1. The van der Waals surface area contributed by atoms with Gasteiger partial charge in [-0.05, 0) is 43.7 Å². The van der Waals surface area contributed by atoms with E-state index in [1.165, 1.54) is 11.8 Å². The number of amides is 1. The number of unbranched alkanes of at least 4 members (excludes halogenated alkanes) is 2. The molecule has 0 radical (unpaired) electrons. The van der Waals surface area contributed by atoms with E-state index in [1.54, 1.807) is 11.0 Å². The molecule has 1 aromatic rings. The molecule has 25 heavy (non-hydrogen) atoms. The van der Waals surface area contributed by atoms with Crippen LogP contribution in [0.2, 0.25) is 0 Å². The number of thiocarbonyl (C=S) groups is 1. The zero-order valence-electron chi connectivity index (χ0n) is 14.0. The highest BCUT2D eigenvalue weighted by Gasteiger charge is 2.37. The molecule has 0 spiro atoms. The summed E-state index contributed by atoms with van der Waals surface area (Å²) in [5.74, 6) is 1.72. The van der Waals surface area contributed by atoms with Crippen molar-refractivity contribution in [2.75, 3.05) is 6.54 Å².